The molecule has 0 aliphatic carbocycles. The molecule has 0 aliphatic rings. The third-order valence-corrected chi connectivity index (χ3v) is 2.30. The summed E-state index contributed by atoms with van der Waals surface area (Å²) in [6.45, 7) is 2.09. The first-order valence-electron chi connectivity index (χ1n) is 4.96. The molecule has 0 bridgehead atoms. The second kappa shape index (κ2) is 6.18. The van der Waals surface area contributed by atoms with Gasteiger partial charge < -0.3 is 9.84 Å². The van der Waals surface area contributed by atoms with Gasteiger partial charge >= 0.3 is 0 Å². The lowest BCUT2D eigenvalue weighted by molar-refractivity contribution is 0.0470. The molecule has 0 saturated heterocycles. The highest BCUT2D eigenvalue weighted by atomic mass is 16.5. The van der Waals surface area contributed by atoms with Crippen LogP contribution in [0.25, 0.3) is 0 Å². The number of benzene rings is 1. The summed E-state index contributed by atoms with van der Waals surface area (Å²) in [5.74, 6) is 0.0164. The summed E-state index contributed by atoms with van der Waals surface area (Å²) in [6.07, 6.45) is -0.500. The molecule has 2 unspecified atom stereocenters. The SMILES string of the molecule is CC(c1ccccc1)C(C#N)OCCO. The topological polar surface area (TPSA) is 53.2 Å². The normalized spacial score (nSPS) is 14.2. The summed E-state index contributed by atoms with van der Waals surface area (Å²) in [7, 11) is 0. The van der Waals surface area contributed by atoms with E-state index >= 15 is 0 Å². The minimum Gasteiger partial charge on any atom is -0.394 e. The maximum atomic E-state index is 8.93. The fraction of sp³-hybridized carbons (Fsp3) is 0.417. The Hall–Kier alpha value is -1.37. The van der Waals surface area contributed by atoms with E-state index < -0.39 is 6.10 Å². The first kappa shape index (κ1) is 11.7. The Balaban J connectivity index is 2.66. The standard InChI is InChI=1S/C12H15NO2/c1-10(11-5-3-2-4-6-11)12(9-13)15-8-7-14/h2-6,10,12,14H,7-8H2,1H3. The largest absolute Gasteiger partial charge is 0.394 e. The highest BCUT2D eigenvalue weighted by Gasteiger charge is 2.18. The van der Waals surface area contributed by atoms with E-state index in [4.69, 9.17) is 15.1 Å². The second-order valence-corrected chi connectivity index (χ2v) is 3.34. The Bertz CT molecular complexity index is 318. The molecule has 1 rings (SSSR count). The molecule has 15 heavy (non-hydrogen) atoms. The molecule has 0 aliphatic heterocycles. The third kappa shape index (κ3) is 3.35. The number of hydrogen-bond acceptors (Lipinski definition) is 3. The first-order valence-corrected chi connectivity index (χ1v) is 4.96. The van der Waals surface area contributed by atoms with Crippen LogP contribution in [0.5, 0.6) is 0 Å². The van der Waals surface area contributed by atoms with Crippen LogP contribution in [-0.4, -0.2) is 24.4 Å². The van der Waals surface area contributed by atoms with Crippen molar-refractivity contribution < 1.29 is 9.84 Å². The summed E-state index contributed by atoms with van der Waals surface area (Å²) in [6, 6.07) is 11.9. The van der Waals surface area contributed by atoms with E-state index in [2.05, 4.69) is 6.07 Å². The molecule has 0 spiro atoms. The fourth-order valence-corrected chi connectivity index (χ4v) is 1.40. The molecule has 1 aromatic rings. The van der Waals surface area contributed by atoms with Crippen LogP contribution in [0.2, 0.25) is 0 Å². The van der Waals surface area contributed by atoms with E-state index in [1.165, 1.54) is 0 Å². The summed E-state index contributed by atoms with van der Waals surface area (Å²) in [4.78, 5) is 0. The van der Waals surface area contributed by atoms with Gasteiger partial charge in [0.05, 0.1) is 19.3 Å². The van der Waals surface area contributed by atoms with Gasteiger partial charge in [-0.1, -0.05) is 37.3 Å². The minimum atomic E-state index is -0.500. The van der Waals surface area contributed by atoms with Gasteiger partial charge in [0.15, 0.2) is 6.10 Å². The number of ether oxygens (including phenoxy) is 1. The molecule has 0 aromatic heterocycles. The smallest absolute Gasteiger partial charge is 0.150 e. The monoisotopic (exact) mass is 205 g/mol. The summed E-state index contributed by atoms with van der Waals surface area (Å²) < 4.78 is 5.25. The van der Waals surface area contributed by atoms with Gasteiger partial charge in [0.2, 0.25) is 0 Å². The lowest BCUT2D eigenvalue weighted by atomic mass is 9.96. The maximum Gasteiger partial charge on any atom is 0.150 e. The average Bonchev–Trinajstić information content (AvgIpc) is 2.31. The third-order valence-electron chi connectivity index (χ3n) is 2.30. The molecule has 0 saturated carbocycles. The number of nitrogens with zero attached hydrogens (tertiary/aromatic N) is 1. The first-order chi connectivity index (χ1) is 7.29. The molecule has 0 fully saturated rings. The number of aliphatic hydroxyl groups excluding tert-OH is 1. The molecule has 2 atom stereocenters. The molecule has 0 radical (unpaired) electrons. The van der Waals surface area contributed by atoms with E-state index in [0.29, 0.717) is 0 Å². The minimum absolute atomic E-state index is 0.0164. The zero-order valence-corrected chi connectivity index (χ0v) is 8.76. The highest BCUT2D eigenvalue weighted by Crippen LogP contribution is 2.20. The predicted octanol–water partition coefficient (Wildman–Crippen LogP) is 1.69. The number of aliphatic hydroxyl groups is 1. The van der Waals surface area contributed by atoms with Gasteiger partial charge in [0, 0.05) is 5.92 Å². The molecule has 3 nitrogen and oxygen atoms in total. The molecular weight excluding hydrogens is 190 g/mol. The van der Waals surface area contributed by atoms with Crippen LogP contribution in [-0.2, 0) is 4.74 Å². The van der Waals surface area contributed by atoms with E-state index in [0.717, 1.165) is 5.56 Å². The zero-order chi connectivity index (χ0) is 11.1. The van der Waals surface area contributed by atoms with Gasteiger partial charge in [0.1, 0.15) is 0 Å². The number of nitriles is 1. The lowest BCUT2D eigenvalue weighted by Gasteiger charge is -2.17. The highest BCUT2D eigenvalue weighted by molar-refractivity contribution is 5.21. The van der Waals surface area contributed by atoms with E-state index in [9.17, 15) is 0 Å². The van der Waals surface area contributed by atoms with Crippen LogP contribution < -0.4 is 0 Å². The van der Waals surface area contributed by atoms with Crippen molar-refractivity contribution in [3.63, 3.8) is 0 Å². The maximum absolute atomic E-state index is 8.93. The average molecular weight is 205 g/mol. The van der Waals surface area contributed by atoms with Crippen LogP contribution in [0.1, 0.15) is 18.4 Å². The van der Waals surface area contributed by atoms with Crippen molar-refractivity contribution in [3.05, 3.63) is 35.9 Å². The van der Waals surface area contributed by atoms with Crippen LogP contribution in [0.4, 0.5) is 0 Å². The molecule has 0 heterocycles. The van der Waals surface area contributed by atoms with Gasteiger partial charge in [-0.05, 0) is 5.56 Å². The lowest BCUT2D eigenvalue weighted by Crippen LogP contribution is -2.20. The summed E-state index contributed by atoms with van der Waals surface area (Å²) in [5, 5.41) is 17.6. The van der Waals surface area contributed by atoms with Crippen LogP contribution in [0.3, 0.4) is 0 Å². The van der Waals surface area contributed by atoms with E-state index in [1.807, 2.05) is 37.3 Å². The van der Waals surface area contributed by atoms with Crippen molar-refractivity contribution in [1.29, 1.82) is 5.26 Å². The summed E-state index contributed by atoms with van der Waals surface area (Å²) in [5.41, 5.74) is 1.07. The van der Waals surface area contributed by atoms with Crippen molar-refractivity contribution in [1.82, 2.24) is 0 Å². The van der Waals surface area contributed by atoms with Gasteiger partial charge in [-0.15, -0.1) is 0 Å². The molecule has 3 heteroatoms. The molecular formula is C12H15NO2. The Kier molecular flexibility index (Phi) is 4.82. The van der Waals surface area contributed by atoms with Crippen molar-refractivity contribution >= 4 is 0 Å². The Morgan fingerprint density at radius 1 is 1.40 bits per heavy atom. The molecule has 0 amide bonds. The van der Waals surface area contributed by atoms with Gasteiger partial charge in [-0.25, -0.2) is 0 Å². The van der Waals surface area contributed by atoms with Crippen molar-refractivity contribution in [2.75, 3.05) is 13.2 Å². The van der Waals surface area contributed by atoms with Crippen LogP contribution in [0.15, 0.2) is 30.3 Å². The van der Waals surface area contributed by atoms with Crippen LogP contribution >= 0.6 is 0 Å². The van der Waals surface area contributed by atoms with Crippen molar-refractivity contribution in [2.24, 2.45) is 0 Å². The number of hydrogen-bond donors (Lipinski definition) is 1. The second-order valence-electron chi connectivity index (χ2n) is 3.34. The van der Waals surface area contributed by atoms with E-state index in [1.54, 1.807) is 0 Å². The Morgan fingerprint density at radius 2 is 2.07 bits per heavy atom. The van der Waals surface area contributed by atoms with E-state index in [-0.39, 0.29) is 19.1 Å². The van der Waals surface area contributed by atoms with Crippen molar-refractivity contribution in [2.45, 2.75) is 18.9 Å². The Morgan fingerprint density at radius 3 is 2.60 bits per heavy atom. The zero-order valence-electron chi connectivity index (χ0n) is 8.76. The Labute approximate surface area is 89.9 Å². The molecule has 80 valence electrons. The van der Waals surface area contributed by atoms with Gasteiger partial charge in [0.25, 0.3) is 0 Å². The van der Waals surface area contributed by atoms with Gasteiger partial charge in [-0.2, -0.15) is 5.26 Å². The van der Waals surface area contributed by atoms with Crippen LogP contribution in [0, 0.1) is 11.3 Å². The molecule has 1 N–H and O–H groups in total. The fourth-order valence-electron chi connectivity index (χ4n) is 1.40. The predicted molar refractivity (Wildman–Crippen MR) is 57.3 cm³/mol. The number of rotatable bonds is 5. The summed E-state index contributed by atoms with van der Waals surface area (Å²) >= 11 is 0. The van der Waals surface area contributed by atoms with Gasteiger partial charge in [-0.3, -0.25) is 0 Å². The van der Waals surface area contributed by atoms with Crippen molar-refractivity contribution in [3.8, 4) is 6.07 Å². The molecule has 1 aromatic carbocycles. The quantitative estimate of drug-likeness (QED) is 0.795.